The second kappa shape index (κ2) is 10.7. The maximum Gasteiger partial charge on any atom is 0.460 e. The summed E-state index contributed by atoms with van der Waals surface area (Å²) < 4.78 is 236. The number of ether oxygens (including phenoxy) is 1. The normalized spacial score (nSPS) is 15.3. The topological polar surface area (TPSA) is 38.3 Å². The average Bonchev–Trinajstić information content (AvgIpc) is 2.82. The number of ketones is 1. The molecule has 0 amide bonds. The molecule has 0 spiro atoms. The van der Waals surface area contributed by atoms with Crippen molar-refractivity contribution in [1.29, 1.82) is 0 Å². The fourth-order valence-corrected chi connectivity index (χ4v) is 2.68. The van der Waals surface area contributed by atoms with Crippen LogP contribution in [0.2, 0.25) is 0 Å². The number of carbonyl (C=O) groups is 1. The van der Waals surface area contributed by atoms with E-state index in [0.29, 0.717) is 12.1 Å². The Balaban J connectivity index is 3.84. The van der Waals surface area contributed by atoms with Crippen molar-refractivity contribution in [3.8, 4) is 5.75 Å². The van der Waals surface area contributed by atoms with Crippen LogP contribution in [0.25, 0.3) is 0 Å². The van der Waals surface area contributed by atoms with Crippen LogP contribution in [0, 0.1) is 5.92 Å². The van der Waals surface area contributed by atoms with Gasteiger partial charge in [-0.25, -0.2) is 0 Å². The second-order valence-electron chi connectivity index (χ2n) is 8.49. The molecule has 1 N–H and O–H groups in total. The van der Waals surface area contributed by atoms with Gasteiger partial charge < -0.3 is 10.1 Å². The van der Waals surface area contributed by atoms with Gasteiger partial charge in [-0.2, -0.15) is 74.6 Å². The van der Waals surface area contributed by atoms with E-state index in [-0.39, 0.29) is 5.75 Å². The molecule has 0 aliphatic heterocycles. The molecule has 236 valence electrons. The van der Waals surface area contributed by atoms with E-state index < -0.39 is 76.8 Å². The lowest BCUT2D eigenvalue weighted by Gasteiger charge is -2.43. The minimum Gasteiger partial charge on any atom is -0.497 e. The van der Waals surface area contributed by atoms with Gasteiger partial charge in [-0.3, -0.25) is 4.79 Å². The highest BCUT2D eigenvalue weighted by Gasteiger charge is 2.95. The van der Waals surface area contributed by atoms with Crippen LogP contribution in [0.5, 0.6) is 5.75 Å². The Bertz CT molecular complexity index is 1120. The van der Waals surface area contributed by atoms with Gasteiger partial charge in [0.1, 0.15) is 5.75 Å². The van der Waals surface area contributed by atoms with Crippen LogP contribution in [0.1, 0.15) is 13.8 Å². The molecule has 41 heavy (non-hydrogen) atoms. The molecule has 0 radical (unpaired) electrons. The van der Waals surface area contributed by atoms with Gasteiger partial charge in [0.2, 0.25) is 0 Å². The molecular weight excluding hydrogens is 621 g/mol. The van der Waals surface area contributed by atoms with Crippen molar-refractivity contribution >= 4 is 11.5 Å². The van der Waals surface area contributed by atoms with Gasteiger partial charge >= 0.3 is 47.6 Å². The monoisotopic (exact) mass is 637 g/mol. The SMILES string of the molecule is COc1ccc(N/C(=C\C(=O)C(C)C)C(F)(F)C(F)(F)C(F)(F)C(F)(F)C(F)(F)C(F)(F)C(F)(F)C(F)(F)F)cc1. The first-order valence-corrected chi connectivity index (χ1v) is 10.4. The number of carbonyl (C=O) groups excluding carboxylic acids is 1. The van der Waals surface area contributed by atoms with Crippen LogP contribution in [0.4, 0.5) is 80.3 Å². The van der Waals surface area contributed by atoms with Crippen molar-refractivity contribution in [2.24, 2.45) is 5.92 Å². The third kappa shape index (κ3) is 5.61. The van der Waals surface area contributed by atoms with E-state index in [0.717, 1.165) is 33.1 Å². The Morgan fingerprint density at radius 2 is 1.02 bits per heavy atom. The number of benzene rings is 1. The van der Waals surface area contributed by atoms with E-state index in [4.69, 9.17) is 0 Å². The molecule has 20 heteroatoms. The Morgan fingerprint density at radius 1 is 0.659 bits per heavy atom. The van der Waals surface area contributed by atoms with E-state index >= 15 is 0 Å². The fourth-order valence-electron chi connectivity index (χ4n) is 2.68. The average molecular weight is 637 g/mol. The van der Waals surface area contributed by atoms with Gasteiger partial charge in [-0.15, -0.1) is 0 Å². The maximum atomic E-state index is 14.8. The Morgan fingerprint density at radius 3 is 1.37 bits per heavy atom. The highest BCUT2D eigenvalue weighted by Crippen LogP contribution is 2.64. The summed E-state index contributed by atoms with van der Waals surface area (Å²) in [6.45, 7) is 1.85. The van der Waals surface area contributed by atoms with Crippen LogP contribution >= 0.6 is 0 Å². The van der Waals surface area contributed by atoms with E-state index in [1.165, 1.54) is 5.32 Å². The molecule has 0 atom stereocenters. The molecule has 0 aliphatic carbocycles. The van der Waals surface area contributed by atoms with Gasteiger partial charge in [0.25, 0.3) is 0 Å². The third-order valence-corrected chi connectivity index (χ3v) is 5.28. The highest BCUT2D eigenvalue weighted by atomic mass is 19.4. The van der Waals surface area contributed by atoms with Crippen LogP contribution in [0.15, 0.2) is 36.0 Å². The van der Waals surface area contributed by atoms with Gasteiger partial charge in [-0.05, 0) is 24.3 Å². The summed E-state index contributed by atoms with van der Waals surface area (Å²) in [6.07, 6.45) is -8.39. The van der Waals surface area contributed by atoms with E-state index in [2.05, 4.69) is 4.74 Å². The first kappa shape index (κ1) is 36.1. The van der Waals surface area contributed by atoms with Crippen LogP contribution in [0.3, 0.4) is 0 Å². The van der Waals surface area contributed by atoms with Crippen LogP contribution in [-0.2, 0) is 4.79 Å². The number of anilines is 1. The van der Waals surface area contributed by atoms with Crippen molar-refractivity contribution in [1.82, 2.24) is 0 Å². The highest BCUT2D eigenvalue weighted by molar-refractivity contribution is 5.92. The predicted octanol–water partition coefficient (Wildman–Crippen LogP) is 8.23. The Labute approximate surface area is 218 Å². The van der Waals surface area contributed by atoms with Gasteiger partial charge in [0.05, 0.1) is 12.8 Å². The molecule has 0 aromatic heterocycles. The molecule has 0 saturated heterocycles. The molecule has 0 unspecified atom stereocenters. The molecule has 0 saturated carbocycles. The van der Waals surface area contributed by atoms with E-state index in [1.54, 1.807) is 0 Å². The number of methoxy groups -OCH3 is 1. The summed E-state index contributed by atoms with van der Waals surface area (Å²) in [6, 6.07) is 3.21. The molecule has 0 fully saturated rings. The van der Waals surface area contributed by atoms with Crippen LogP contribution < -0.4 is 10.1 Å². The van der Waals surface area contributed by atoms with Gasteiger partial charge in [-0.1, -0.05) is 13.8 Å². The zero-order valence-electron chi connectivity index (χ0n) is 20.2. The number of halogens is 17. The zero-order chi connectivity index (χ0) is 32.8. The van der Waals surface area contributed by atoms with Gasteiger partial charge in [0.15, 0.2) is 5.78 Å². The number of alkyl halides is 17. The lowest BCUT2D eigenvalue weighted by atomic mass is 9.88. The second-order valence-corrected chi connectivity index (χ2v) is 8.49. The smallest absolute Gasteiger partial charge is 0.460 e. The van der Waals surface area contributed by atoms with E-state index in [1.807, 2.05) is 0 Å². The molecular formula is C21H16F17NO2. The number of rotatable bonds is 12. The standard InChI is InChI=1S/C21H16F17NO2/c1-9(2)12(40)8-13(39-10-4-6-11(41-3)7-5-10)14(22,23)15(24,25)16(26,27)17(28,29)18(30,31)19(32,33)20(34,35)21(36,37)38/h4-9,39H,1-3H3/b13-8-. The summed E-state index contributed by atoms with van der Waals surface area (Å²) >= 11 is 0. The predicted molar refractivity (Wildman–Crippen MR) is 105 cm³/mol. The maximum absolute atomic E-state index is 14.8. The van der Waals surface area contributed by atoms with Crippen LogP contribution in [-0.4, -0.2) is 60.5 Å². The molecule has 1 aromatic rings. The largest absolute Gasteiger partial charge is 0.497 e. The quantitative estimate of drug-likeness (QED) is 0.186. The van der Waals surface area contributed by atoms with Crippen molar-refractivity contribution in [3.63, 3.8) is 0 Å². The number of hydrogen-bond acceptors (Lipinski definition) is 3. The summed E-state index contributed by atoms with van der Waals surface area (Å²) in [5, 5.41) is 1.27. The summed E-state index contributed by atoms with van der Waals surface area (Å²) in [5.41, 5.74) is -3.50. The summed E-state index contributed by atoms with van der Waals surface area (Å²) in [7, 11) is 1.08. The van der Waals surface area contributed by atoms with E-state index in [9.17, 15) is 79.4 Å². The van der Waals surface area contributed by atoms with Crippen molar-refractivity contribution in [2.75, 3.05) is 12.4 Å². The molecule has 0 heterocycles. The van der Waals surface area contributed by atoms with Crippen molar-refractivity contribution in [3.05, 3.63) is 36.0 Å². The minimum absolute atomic E-state index is 0.0404. The molecule has 0 bridgehead atoms. The van der Waals surface area contributed by atoms with Gasteiger partial charge in [0, 0.05) is 17.7 Å². The Kier molecular flexibility index (Phi) is 9.42. The summed E-state index contributed by atoms with van der Waals surface area (Å²) in [4.78, 5) is 11.9. The lowest BCUT2D eigenvalue weighted by molar-refractivity contribution is -0.460. The number of hydrogen-bond donors (Lipinski definition) is 1. The fraction of sp³-hybridized carbons (Fsp3) is 0.571. The minimum atomic E-state index is -8.75. The Hall–Kier alpha value is -2.96. The molecule has 0 aliphatic rings. The molecule has 1 aromatic carbocycles. The molecule has 1 rings (SSSR count). The van der Waals surface area contributed by atoms with Crippen molar-refractivity contribution in [2.45, 2.75) is 61.5 Å². The lowest BCUT2D eigenvalue weighted by Crippen LogP contribution is -2.74. The first-order chi connectivity index (χ1) is 18.0. The number of nitrogens with one attached hydrogen (secondary N) is 1. The first-order valence-electron chi connectivity index (χ1n) is 10.4. The van der Waals surface area contributed by atoms with Crippen molar-refractivity contribution < 1.29 is 84.2 Å². The number of allylic oxidation sites excluding steroid dienone is 2. The molecule has 3 nitrogen and oxygen atoms in total. The third-order valence-electron chi connectivity index (χ3n) is 5.28. The summed E-state index contributed by atoms with van der Waals surface area (Å²) in [5.74, 6) is -60.8. The zero-order valence-corrected chi connectivity index (χ0v) is 20.2.